The SMILES string of the molecule is Cc1cccc2c(=O)n(CC(O)COCc3cccs3)cnc12. The van der Waals surface area contributed by atoms with Gasteiger partial charge in [-0.25, -0.2) is 4.98 Å². The van der Waals surface area contributed by atoms with Gasteiger partial charge in [-0.2, -0.15) is 0 Å². The van der Waals surface area contributed by atoms with Crippen molar-refractivity contribution in [1.29, 1.82) is 0 Å². The largest absolute Gasteiger partial charge is 0.389 e. The van der Waals surface area contributed by atoms with E-state index in [1.807, 2.05) is 36.6 Å². The van der Waals surface area contributed by atoms with Crippen LogP contribution in [0.2, 0.25) is 0 Å². The van der Waals surface area contributed by atoms with Gasteiger partial charge in [-0.15, -0.1) is 11.3 Å². The van der Waals surface area contributed by atoms with Crippen LogP contribution in [0.5, 0.6) is 0 Å². The number of aromatic nitrogens is 2. The first-order chi connectivity index (χ1) is 11.1. The lowest BCUT2D eigenvalue weighted by molar-refractivity contribution is 0.0207. The summed E-state index contributed by atoms with van der Waals surface area (Å²) in [4.78, 5) is 17.9. The molecule has 1 N–H and O–H groups in total. The molecule has 0 aliphatic heterocycles. The highest BCUT2D eigenvalue weighted by atomic mass is 32.1. The van der Waals surface area contributed by atoms with Gasteiger partial charge in [-0.05, 0) is 30.0 Å². The number of ether oxygens (including phenoxy) is 1. The number of aliphatic hydroxyl groups excluding tert-OH is 1. The fourth-order valence-electron chi connectivity index (χ4n) is 2.44. The van der Waals surface area contributed by atoms with Crippen molar-refractivity contribution in [3.05, 3.63) is 62.8 Å². The van der Waals surface area contributed by atoms with Crippen LogP contribution in [-0.2, 0) is 17.9 Å². The van der Waals surface area contributed by atoms with E-state index in [0.29, 0.717) is 17.5 Å². The van der Waals surface area contributed by atoms with Crippen molar-refractivity contribution in [2.24, 2.45) is 0 Å². The molecule has 0 fully saturated rings. The normalized spacial score (nSPS) is 12.6. The van der Waals surface area contributed by atoms with Crippen LogP contribution in [0.3, 0.4) is 0 Å². The summed E-state index contributed by atoms with van der Waals surface area (Å²) in [6.07, 6.45) is 0.733. The zero-order valence-corrected chi connectivity index (χ0v) is 13.6. The molecule has 1 aromatic carbocycles. The van der Waals surface area contributed by atoms with Gasteiger partial charge in [0.1, 0.15) is 0 Å². The highest BCUT2D eigenvalue weighted by Gasteiger charge is 2.10. The number of aliphatic hydroxyl groups is 1. The van der Waals surface area contributed by atoms with Crippen molar-refractivity contribution >= 4 is 22.2 Å². The minimum atomic E-state index is -0.753. The van der Waals surface area contributed by atoms with E-state index in [4.69, 9.17) is 4.74 Å². The van der Waals surface area contributed by atoms with E-state index in [0.717, 1.165) is 10.4 Å². The number of benzene rings is 1. The molecular weight excluding hydrogens is 312 g/mol. The molecule has 2 aromatic heterocycles. The number of hydrogen-bond donors (Lipinski definition) is 1. The third kappa shape index (κ3) is 3.67. The molecule has 6 heteroatoms. The van der Waals surface area contributed by atoms with Gasteiger partial charge in [0.2, 0.25) is 0 Å². The second-order valence-electron chi connectivity index (χ2n) is 5.42. The second-order valence-corrected chi connectivity index (χ2v) is 6.45. The highest BCUT2D eigenvalue weighted by Crippen LogP contribution is 2.12. The average Bonchev–Trinajstić information content (AvgIpc) is 3.04. The number of rotatable bonds is 6. The Hall–Kier alpha value is -2.02. The van der Waals surface area contributed by atoms with Crippen molar-refractivity contribution in [2.45, 2.75) is 26.2 Å². The van der Waals surface area contributed by atoms with Gasteiger partial charge >= 0.3 is 0 Å². The van der Waals surface area contributed by atoms with Crippen LogP contribution in [0, 0.1) is 6.92 Å². The van der Waals surface area contributed by atoms with Crippen LogP contribution < -0.4 is 5.56 Å². The van der Waals surface area contributed by atoms with Gasteiger partial charge in [0, 0.05) is 4.88 Å². The first kappa shape index (κ1) is 15.9. The number of nitrogens with zero attached hydrogens (tertiary/aromatic N) is 2. The predicted octanol–water partition coefficient (Wildman–Crippen LogP) is 2.34. The Balaban J connectivity index is 1.66. The molecule has 3 rings (SSSR count). The molecule has 23 heavy (non-hydrogen) atoms. The molecule has 1 atom stereocenters. The zero-order chi connectivity index (χ0) is 16.2. The van der Waals surface area contributed by atoms with Crippen LogP contribution in [0.15, 0.2) is 46.8 Å². The third-order valence-electron chi connectivity index (χ3n) is 3.60. The van der Waals surface area contributed by atoms with E-state index in [9.17, 15) is 9.90 Å². The van der Waals surface area contributed by atoms with E-state index in [1.54, 1.807) is 17.4 Å². The molecule has 0 bridgehead atoms. The van der Waals surface area contributed by atoms with Gasteiger partial charge < -0.3 is 9.84 Å². The van der Waals surface area contributed by atoms with Crippen LogP contribution in [0.4, 0.5) is 0 Å². The Morgan fingerprint density at radius 2 is 2.22 bits per heavy atom. The van der Waals surface area contributed by atoms with Crippen molar-refractivity contribution in [3.63, 3.8) is 0 Å². The summed E-state index contributed by atoms with van der Waals surface area (Å²) in [5.41, 5.74) is 1.53. The third-order valence-corrected chi connectivity index (χ3v) is 4.45. The van der Waals surface area contributed by atoms with Crippen molar-refractivity contribution in [2.75, 3.05) is 6.61 Å². The molecule has 0 saturated carbocycles. The van der Waals surface area contributed by atoms with Gasteiger partial charge in [-0.1, -0.05) is 18.2 Å². The lowest BCUT2D eigenvalue weighted by atomic mass is 10.1. The van der Waals surface area contributed by atoms with Gasteiger partial charge in [-0.3, -0.25) is 9.36 Å². The monoisotopic (exact) mass is 330 g/mol. The van der Waals surface area contributed by atoms with Crippen molar-refractivity contribution < 1.29 is 9.84 Å². The molecule has 120 valence electrons. The molecular formula is C17H18N2O3S. The Kier molecular flexibility index (Phi) is 4.85. The molecule has 0 aliphatic carbocycles. The van der Waals surface area contributed by atoms with Crippen LogP contribution in [0.1, 0.15) is 10.4 Å². The second kappa shape index (κ2) is 7.04. The van der Waals surface area contributed by atoms with Crippen LogP contribution in [-0.4, -0.2) is 27.4 Å². The highest BCUT2D eigenvalue weighted by molar-refractivity contribution is 7.09. The Labute approximate surface area is 137 Å². The van der Waals surface area contributed by atoms with E-state index in [-0.39, 0.29) is 18.7 Å². The van der Waals surface area contributed by atoms with Crippen LogP contribution >= 0.6 is 11.3 Å². The number of fused-ring (bicyclic) bond motifs is 1. The van der Waals surface area contributed by atoms with Gasteiger partial charge in [0.05, 0.1) is 43.1 Å². The summed E-state index contributed by atoms with van der Waals surface area (Å²) in [6.45, 7) is 2.74. The summed E-state index contributed by atoms with van der Waals surface area (Å²) < 4.78 is 6.91. The molecule has 5 nitrogen and oxygen atoms in total. The number of thiophene rings is 1. The average molecular weight is 330 g/mol. The number of hydrogen-bond acceptors (Lipinski definition) is 5. The molecule has 0 saturated heterocycles. The quantitative estimate of drug-likeness (QED) is 0.753. The summed E-state index contributed by atoms with van der Waals surface area (Å²) in [7, 11) is 0. The summed E-state index contributed by atoms with van der Waals surface area (Å²) in [6, 6.07) is 9.46. The summed E-state index contributed by atoms with van der Waals surface area (Å²) >= 11 is 1.61. The first-order valence-corrected chi connectivity index (χ1v) is 8.26. The lowest BCUT2D eigenvalue weighted by Gasteiger charge is -2.13. The number of para-hydroxylation sites is 1. The molecule has 3 aromatic rings. The molecule has 0 radical (unpaired) electrons. The van der Waals surface area contributed by atoms with Crippen molar-refractivity contribution in [3.8, 4) is 0 Å². The summed E-state index contributed by atoms with van der Waals surface area (Å²) in [5, 5.41) is 12.6. The summed E-state index contributed by atoms with van der Waals surface area (Å²) in [5.74, 6) is 0. The van der Waals surface area contributed by atoms with E-state index in [2.05, 4.69) is 4.98 Å². The number of aryl methyl sites for hydroxylation is 1. The zero-order valence-electron chi connectivity index (χ0n) is 12.8. The fraction of sp³-hybridized carbons (Fsp3) is 0.294. The Morgan fingerprint density at radius 1 is 1.35 bits per heavy atom. The first-order valence-electron chi connectivity index (χ1n) is 7.38. The topological polar surface area (TPSA) is 64.4 Å². The Morgan fingerprint density at radius 3 is 3.00 bits per heavy atom. The lowest BCUT2D eigenvalue weighted by Crippen LogP contribution is -2.29. The molecule has 0 amide bonds. The van der Waals surface area contributed by atoms with E-state index in [1.165, 1.54) is 10.9 Å². The molecule has 1 unspecified atom stereocenters. The van der Waals surface area contributed by atoms with Gasteiger partial charge in [0.15, 0.2) is 0 Å². The molecule has 0 aliphatic rings. The molecule has 2 heterocycles. The van der Waals surface area contributed by atoms with E-state index < -0.39 is 6.10 Å². The minimum absolute atomic E-state index is 0.143. The minimum Gasteiger partial charge on any atom is -0.389 e. The predicted molar refractivity (Wildman–Crippen MR) is 90.7 cm³/mol. The maximum absolute atomic E-state index is 12.4. The van der Waals surface area contributed by atoms with Crippen molar-refractivity contribution in [1.82, 2.24) is 9.55 Å². The fourth-order valence-corrected chi connectivity index (χ4v) is 3.08. The van der Waals surface area contributed by atoms with E-state index >= 15 is 0 Å². The van der Waals surface area contributed by atoms with Gasteiger partial charge in [0.25, 0.3) is 5.56 Å². The Bertz CT molecular complexity index is 843. The maximum atomic E-state index is 12.4. The van der Waals surface area contributed by atoms with Crippen LogP contribution in [0.25, 0.3) is 10.9 Å². The molecule has 0 spiro atoms. The standard InChI is InChI=1S/C17H18N2O3S/c1-12-4-2-6-15-16(12)18-11-19(17(15)21)8-13(20)9-22-10-14-5-3-7-23-14/h2-7,11,13,20H,8-10H2,1H3. The smallest absolute Gasteiger partial charge is 0.261 e. The maximum Gasteiger partial charge on any atom is 0.261 e.